The molecule has 5 heteroatoms. The van der Waals surface area contributed by atoms with Gasteiger partial charge in [-0.05, 0) is 31.2 Å². The number of hydrogen-bond acceptors (Lipinski definition) is 2. The zero-order valence-electron chi connectivity index (χ0n) is 12.3. The lowest BCUT2D eigenvalue weighted by atomic mass is 9.96. The molecule has 3 aromatic rings. The third kappa shape index (κ3) is 2.06. The molecule has 0 saturated heterocycles. The molecule has 0 radical (unpaired) electrons. The van der Waals surface area contributed by atoms with Crippen molar-refractivity contribution in [2.24, 2.45) is 0 Å². The lowest BCUT2D eigenvalue weighted by molar-refractivity contribution is 0.432. The zero-order valence-corrected chi connectivity index (χ0v) is 13.0. The molecule has 4 rings (SSSR count). The molecule has 0 fully saturated rings. The molecule has 1 aliphatic rings. The molecule has 0 N–H and O–H groups in total. The molecule has 23 heavy (non-hydrogen) atoms. The van der Waals surface area contributed by atoms with Gasteiger partial charge in [-0.2, -0.15) is 9.78 Å². The standard InChI is InChI=1S/C18H12ClFN2O/c1-11-16-13(10-19)17-14(20)8-5-9-15(17)23-18(16)22(21-11)12-6-3-2-4-7-12/h2-10H,1H3/b13-10-. The smallest absolute Gasteiger partial charge is 0.230 e. The van der Waals surface area contributed by atoms with Gasteiger partial charge in [-0.3, -0.25) is 0 Å². The number of benzene rings is 2. The Bertz CT molecular complexity index is 932. The van der Waals surface area contributed by atoms with E-state index in [-0.39, 0.29) is 5.82 Å². The summed E-state index contributed by atoms with van der Waals surface area (Å²) in [5.74, 6) is 0.604. The minimum Gasteiger partial charge on any atom is -0.437 e. The molecule has 2 aromatic carbocycles. The Hall–Kier alpha value is -2.59. The second kappa shape index (κ2) is 5.25. The number of para-hydroxylation sites is 1. The van der Waals surface area contributed by atoms with Crippen LogP contribution in [0.15, 0.2) is 54.1 Å². The van der Waals surface area contributed by atoms with Crippen LogP contribution in [-0.2, 0) is 0 Å². The lowest BCUT2D eigenvalue weighted by Gasteiger charge is -2.21. The summed E-state index contributed by atoms with van der Waals surface area (Å²) in [6.07, 6.45) is 0. The Morgan fingerprint density at radius 1 is 1.09 bits per heavy atom. The first-order chi connectivity index (χ1) is 11.2. The molecular formula is C18H12ClFN2O. The Kier molecular flexibility index (Phi) is 3.20. The molecule has 2 heterocycles. The van der Waals surface area contributed by atoms with Gasteiger partial charge in [-0.1, -0.05) is 35.9 Å². The van der Waals surface area contributed by atoms with Crippen LogP contribution in [0.4, 0.5) is 4.39 Å². The highest BCUT2D eigenvalue weighted by Crippen LogP contribution is 2.46. The van der Waals surface area contributed by atoms with E-state index in [2.05, 4.69) is 5.10 Å². The number of hydrogen-bond donors (Lipinski definition) is 0. The number of fused-ring (bicyclic) bond motifs is 2. The van der Waals surface area contributed by atoms with E-state index in [4.69, 9.17) is 16.3 Å². The molecule has 0 spiro atoms. The third-order valence-electron chi connectivity index (χ3n) is 3.85. The van der Waals surface area contributed by atoms with Gasteiger partial charge in [0.2, 0.25) is 5.88 Å². The highest BCUT2D eigenvalue weighted by atomic mass is 35.5. The van der Waals surface area contributed by atoms with E-state index in [1.807, 2.05) is 37.3 Å². The summed E-state index contributed by atoms with van der Waals surface area (Å²) in [6.45, 7) is 1.86. The van der Waals surface area contributed by atoms with Crippen LogP contribution in [0.25, 0.3) is 11.3 Å². The molecule has 0 saturated carbocycles. The van der Waals surface area contributed by atoms with Gasteiger partial charge in [0.1, 0.15) is 11.6 Å². The van der Waals surface area contributed by atoms with E-state index in [0.717, 1.165) is 11.4 Å². The molecule has 0 unspecified atom stereocenters. The highest BCUT2D eigenvalue weighted by molar-refractivity contribution is 6.29. The van der Waals surface area contributed by atoms with E-state index in [1.54, 1.807) is 16.8 Å². The number of halogens is 2. The van der Waals surface area contributed by atoms with Crippen LogP contribution in [0, 0.1) is 12.7 Å². The molecule has 3 nitrogen and oxygen atoms in total. The SMILES string of the molecule is Cc1nn(-c2ccccc2)c2c1/C(=C/Cl)c1c(F)cccc1O2. The largest absolute Gasteiger partial charge is 0.437 e. The topological polar surface area (TPSA) is 27.1 Å². The zero-order chi connectivity index (χ0) is 16.0. The maximum atomic E-state index is 14.3. The minimum absolute atomic E-state index is 0.366. The number of rotatable bonds is 1. The molecular weight excluding hydrogens is 315 g/mol. The minimum atomic E-state index is -0.369. The average Bonchev–Trinajstić information content (AvgIpc) is 2.91. The van der Waals surface area contributed by atoms with Crippen LogP contribution in [0.3, 0.4) is 0 Å². The number of aryl methyl sites for hydroxylation is 1. The predicted octanol–water partition coefficient (Wildman–Crippen LogP) is 5.05. The summed E-state index contributed by atoms with van der Waals surface area (Å²) >= 11 is 6.01. The lowest BCUT2D eigenvalue weighted by Crippen LogP contribution is -2.07. The van der Waals surface area contributed by atoms with Crippen molar-refractivity contribution in [3.05, 3.63) is 76.7 Å². The quantitative estimate of drug-likeness (QED) is 0.489. The summed E-state index contributed by atoms with van der Waals surface area (Å²) in [5, 5.41) is 4.54. The number of aromatic nitrogens is 2. The fourth-order valence-corrected chi connectivity index (χ4v) is 3.06. The Morgan fingerprint density at radius 3 is 2.61 bits per heavy atom. The summed E-state index contributed by atoms with van der Waals surface area (Å²) in [4.78, 5) is 0. The van der Waals surface area contributed by atoms with Gasteiger partial charge in [0.25, 0.3) is 0 Å². The number of ether oxygens (including phenoxy) is 1. The van der Waals surface area contributed by atoms with Crippen molar-refractivity contribution >= 4 is 17.2 Å². The first-order valence-electron chi connectivity index (χ1n) is 7.13. The van der Waals surface area contributed by atoms with Crippen molar-refractivity contribution in [2.45, 2.75) is 6.92 Å². The van der Waals surface area contributed by atoms with E-state index in [0.29, 0.717) is 28.3 Å². The van der Waals surface area contributed by atoms with Gasteiger partial charge >= 0.3 is 0 Å². The average molecular weight is 327 g/mol. The summed E-state index contributed by atoms with van der Waals surface area (Å²) in [6, 6.07) is 14.4. The van der Waals surface area contributed by atoms with Gasteiger partial charge in [0.05, 0.1) is 22.5 Å². The molecule has 1 aromatic heterocycles. The molecule has 1 aliphatic heterocycles. The second-order valence-corrected chi connectivity index (χ2v) is 5.47. The van der Waals surface area contributed by atoms with Gasteiger partial charge in [-0.25, -0.2) is 4.39 Å². The predicted molar refractivity (Wildman–Crippen MR) is 87.7 cm³/mol. The summed E-state index contributed by atoms with van der Waals surface area (Å²) in [5.41, 5.74) is 4.64. The van der Waals surface area contributed by atoms with Gasteiger partial charge in [-0.15, -0.1) is 0 Å². The van der Waals surface area contributed by atoms with Crippen LogP contribution >= 0.6 is 11.6 Å². The van der Waals surface area contributed by atoms with E-state index < -0.39 is 0 Å². The molecule has 0 bridgehead atoms. The van der Waals surface area contributed by atoms with Gasteiger partial charge in [0, 0.05) is 11.1 Å². The van der Waals surface area contributed by atoms with Crippen molar-refractivity contribution in [3.63, 3.8) is 0 Å². The van der Waals surface area contributed by atoms with Crippen molar-refractivity contribution in [3.8, 4) is 17.3 Å². The Balaban J connectivity index is 1.99. The van der Waals surface area contributed by atoms with Crippen molar-refractivity contribution in [1.82, 2.24) is 9.78 Å². The maximum absolute atomic E-state index is 14.3. The van der Waals surface area contributed by atoms with Crippen molar-refractivity contribution < 1.29 is 9.13 Å². The highest BCUT2D eigenvalue weighted by Gasteiger charge is 2.31. The third-order valence-corrected chi connectivity index (χ3v) is 4.07. The second-order valence-electron chi connectivity index (χ2n) is 5.25. The Labute approximate surface area is 137 Å². The van der Waals surface area contributed by atoms with Gasteiger partial charge in [0.15, 0.2) is 0 Å². The maximum Gasteiger partial charge on any atom is 0.230 e. The van der Waals surface area contributed by atoms with E-state index in [1.165, 1.54) is 11.6 Å². The van der Waals surface area contributed by atoms with Crippen molar-refractivity contribution in [2.75, 3.05) is 0 Å². The van der Waals surface area contributed by atoms with Gasteiger partial charge < -0.3 is 4.74 Å². The summed E-state index contributed by atoms with van der Waals surface area (Å²) < 4.78 is 21.9. The molecule has 0 atom stereocenters. The molecule has 0 aliphatic carbocycles. The van der Waals surface area contributed by atoms with E-state index >= 15 is 0 Å². The van der Waals surface area contributed by atoms with Crippen LogP contribution in [-0.4, -0.2) is 9.78 Å². The van der Waals surface area contributed by atoms with Crippen LogP contribution in [0.5, 0.6) is 11.6 Å². The van der Waals surface area contributed by atoms with Crippen LogP contribution < -0.4 is 4.74 Å². The fraction of sp³-hybridized carbons (Fsp3) is 0.0556. The van der Waals surface area contributed by atoms with Crippen LogP contribution in [0.2, 0.25) is 0 Å². The first kappa shape index (κ1) is 14.0. The molecule has 0 amide bonds. The Morgan fingerprint density at radius 2 is 1.87 bits per heavy atom. The summed E-state index contributed by atoms with van der Waals surface area (Å²) in [7, 11) is 0. The first-order valence-corrected chi connectivity index (χ1v) is 7.57. The fourth-order valence-electron chi connectivity index (χ4n) is 2.84. The monoisotopic (exact) mass is 326 g/mol. The van der Waals surface area contributed by atoms with Crippen LogP contribution in [0.1, 0.15) is 16.8 Å². The normalized spacial score (nSPS) is 14.3. The van der Waals surface area contributed by atoms with Crippen molar-refractivity contribution in [1.29, 1.82) is 0 Å². The molecule has 114 valence electrons. The number of nitrogens with zero attached hydrogens (tertiary/aromatic N) is 2. The van der Waals surface area contributed by atoms with E-state index in [9.17, 15) is 4.39 Å².